The van der Waals surface area contributed by atoms with Gasteiger partial charge in [0.25, 0.3) is 0 Å². The molecule has 0 saturated carbocycles. The highest BCUT2D eigenvalue weighted by Gasteiger charge is 2.41. The SMILES string of the molecule is CCNC(CCC(F)(F)F)C1(OC)CCOCC1. The number of hydrogen-bond acceptors (Lipinski definition) is 3. The molecule has 1 heterocycles. The van der Waals surface area contributed by atoms with E-state index in [1.807, 2.05) is 6.92 Å². The van der Waals surface area contributed by atoms with Gasteiger partial charge in [0.2, 0.25) is 0 Å². The molecule has 1 saturated heterocycles. The minimum atomic E-state index is -4.12. The van der Waals surface area contributed by atoms with Gasteiger partial charge in [-0.15, -0.1) is 0 Å². The second-order valence-corrected chi connectivity index (χ2v) is 4.65. The fourth-order valence-electron chi connectivity index (χ4n) is 2.52. The molecule has 0 amide bonds. The van der Waals surface area contributed by atoms with E-state index < -0.39 is 18.2 Å². The summed E-state index contributed by atoms with van der Waals surface area (Å²) in [5, 5.41) is 3.14. The monoisotopic (exact) mass is 269 g/mol. The van der Waals surface area contributed by atoms with Crippen LogP contribution in [0.1, 0.15) is 32.6 Å². The molecule has 108 valence electrons. The van der Waals surface area contributed by atoms with Crippen molar-refractivity contribution < 1.29 is 22.6 Å². The van der Waals surface area contributed by atoms with Crippen molar-refractivity contribution in [2.45, 2.75) is 50.4 Å². The van der Waals surface area contributed by atoms with Crippen LogP contribution in [0.4, 0.5) is 13.2 Å². The molecule has 0 aromatic carbocycles. The molecule has 1 fully saturated rings. The van der Waals surface area contributed by atoms with Gasteiger partial charge in [-0.25, -0.2) is 0 Å². The lowest BCUT2D eigenvalue weighted by Crippen LogP contribution is -2.55. The maximum absolute atomic E-state index is 12.4. The van der Waals surface area contributed by atoms with Crippen molar-refractivity contribution in [1.29, 1.82) is 0 Å². The van der Waals surface area contributed by atoms with Crippen molar-refractivity contribution in [2.24, 2.45) is 0 Å². The summed E-state index contributed by atoms with van der Waals surface area (Å²) in [6.07, 6.45) is -3.58. The molecular formula is C12H22F3NO2. The molecule has 3 nitrogen and oxygen atoms in total. The Balaban J connectivity index is 2.67. The van der Waals surface area contributed by atoms with Crippen LogP contribution in [0.5, 0.6) is 0 Å². The first-order chi connectivity index (χ1) is 8.43. The van der Waals surface area contributed by atoms with E-state index in [1.54, 1.807) is 7.11 Å². The summed E-state index contributed by atoms with van der Waals surface area (Å²) in [4.78, 5) is 0. The van der Waals surface area contributed by atoms with Crippen molar-refractivity contribution in [1.82, 2.24) is 5.32 Å². The highest BCUT2D eigenvalue weighted by molar-refractivity contribution is 4.95. The number of halogens is 3. The van der Waals surface area contributed by atoms with E-state index in [2.05, 4.69) is 5.32 Å². The van der Waals surface area contributed by atoms with Gasteiger partial charge in [-0.2, -0.15) is 13.2 Å². The lowest BCUT2D eigenvalue weighted by molar-refractivity contribution is -0.148. The third kappa shape index (κ3) is 4.40. The molecule has 0 aliphatic carbocycles. The third-order valence-electron chi connectivity index (χ3n) is 3.55. The van der Waals surface area contributed by atoms with Gasteiger partial charge in [-0.3, -0.25) is 0 Å². The fraction of sp³-hybridized carbons (Fsp3) is 1.00. The molecule has 0 aromatic rings. The Morgan fingerprint density at radius 2 is 1.94 bits per heavy atom. The molecule has 1 aliphatic rings. The number of nitrogens with one attached hydrogen (secondary N) is 1. The molecule has 1 atom stereocenters. The third-order valence-corrected chi connectivity index (χ3v) is 3.55. The smallest absolute Gasteiger partial charge is 0.381 e. The standard InChI is InChI=1S/C12H22F3NO2/c1-3-16-10(4-5-12(13,14)15)11(17-2)6-8-18-9-7-11/h10,16H,3-9H2,1-2H3. The molecule has 0 bridgehead atoms. The van der Waals surface area contributed by atoms with Crippen LogP contribution in [0, 0.1) is 0 Å². The fourth-order valence-corrected chi connectivity index (χ4v) is 2.52. The Kier molecular flexibility index (Phi) is 5.88. The lowest BCUT2D eigenvalue weighted by Gasteiger charge is -2.42. The molecular weight excluding hydrogens is 247 g/mol. The van der Waals surface area contributed by atoms with Gasteiger partial charge in [0.05, 0.1) is 5.60 Å². The summed E-state index contributed by atoms with van der Waals surface area (Å²) < 4.78 is 47.9. The molecule has 6 heteroatoms. The molecule has 1 rings (SSSR count). The van der Waals surface area contributed by atoms with E-state index in [-0.39, 0.29) is 12.5 Å². The molecule has 0 spiro atoms. The second-order valence-electron chi connectivity index (χ2n) is 4.65. The molecule has 1 N–H and O–H groups in total. The minimum Gasteiger partial charge on any atom is -0.381 e. The number of rotatable bonds is 6. The summed E-state index contributed by atoms with van der Waals surface area (Å²) in [6.45, 7) is 3.61. The first-order valence-corrected chi connectivity index (χ1v) is 6.36. The summed E-state index contributed by atoms with van der Waals surface area (Å²) in [5.74, 6) is 0. The van der Waals surface area contributed by atoms with E-state index in [9.17, 15) is 13.2 Å². The van der Waals surface area contributed by atoms with Crippen LogP contribution >= 0.6 is 0 Å². The zero-order valence-electron chi connectivity index (χ0n) is 11.0. The predicted molar refractivity (Wildman–Crippen MR) is 62.5 cm³/mol. The lowest BCUT2D eigenvalue weighted by atomic mass is 9.83. The second kappa shape index (κ2) is 6.73. The van der Waals surface area contributed by atoms with Crippen LogP contribution in [0.15, 0.2) is 0 Å². The molecule has 0 aromatic heterocycles. The van der Waals surface area contributed by atoms with Crippen LogP contribution < -0.4 is 5.32 Å². The largest absolute Gasteiger partial charge is 0.389 e. The number of methoxy groups -OCH3 is 1. The van der Waals surface area contributed by atoms with E-state index in [0.29, 0.717) is 32.6 Å². The van der Waals surface area contributed by atoms with E-state index in [0.717, 1.165) is 0 Å². The maximum Gasteiger partial charge on any atom is 0.389 e. The molecule has 18 heavy (non-hydrogen) atoms. The van der Waals surface area contributed by atoms with Crippen LogP contribution in [-0.4, -0.2) is 44.7 Å². The number of hydrogen-bond donors (Lipinski definition) is 1. The van der Waals surface area contributed by atoms with Gasteiger partial charge in [-0.1, -0.05) is 6.92 Å². The van der Waals surface area contributed by atoms with Crippen molar-refractivity contribution in [3.8, 4) is 0 Å². The highest BCUT2D eigenvalue weighted by atomic mass is 19.4. The summed E-state index contributed by atoms with van der Waals surface area (Å²) in [6, 6.07) is -0.280. The summed E-state index contributed by atoms with van der Waals surface area (Å²) in [7, 11) is 1.57. The normalized spacial score (nSPS) is 21.8. The molecule has 1 aliphatic heterocycles. The quantitative estimate of drug-likeness (QED) is 0.803. The maximum atomic E-state index is 12.4. The van der Waals surface area contributed by atoms with Crippen LogP contribution in [0.3, 0.4) is 0 Å². The van der Waals surface area contributed by atoms with Gasteiger partial charge >= 0.3 is 6.18 Å². The molecule has 1 unspecified atom stereocenters. The van der Waals surface area contributed by atoms with Crippen molar-refractivity contribution in [3.05, 3.63) is 0 Å². The van der Waals surface area contributed by atoms with E-state index in [1.165, 1.54) is 0 Å². The first kappa shape index (κ1) is 15.7. The van der Waals surface area contributed by atoms with Gasteiger partial charge < -0.3 is 14.8 Å². The summed E-state index contributed by atoms with van der Waals surface area (Å²) in [5.41, 5.74) is -0.528. The Morgan fingerprint density at radius 1 is 1.33 bits per heavy atom. The highest BCUT2D eigenvalue weighted by Crippen LogP contribution is 2.33. The number of likely N-dealkylation sites (N-methyl/N-ethyl adjacent to an activating group) is 1. The van der Waals surface area contributed by atoms with Crippen molar-refractivity contribution in [2.75, 3.05) is 26.9 Å². The zero-order valence-corrected chi connectivity index (χ0v) is 11.0. The van der Waals surface area contributed by atoms with Crippen molar-refractivity contribution in [3.63, 3.8) is 0 Å². The van der Waals surface area contributed by atoms with Crippen molar-refractivity contribution >= 4 is 0 Å². The van der Waals surface area contributed by atoms with Gasteiger partial charge in [-0.05, 0) is 13.0 Å². The summed E-state index contributed by atoms with van der Waals surface area (Å²) >= 11 is 0. The Labute approximate surface area is 106 Å². The van der Waals surface area contributed by atoms with E-state index >= 15 is 0 Å². The number of ether oxygens (including phenoxy) is 2. The molecule has 0 radical (unpaired) electrons. The number of alkyl halides is 3. The zero-order chi connectivity index (χ0) is 13.6. The Morgan fingerprint density at radius 3 is 2.39 bits per heavy atom. The van der Waals surface area contributed by atoms with Gasteiger partial charge in [0, 0.05) is 45.6 Å². The van der Waals surface area contributed by atoms with Crippen LogP contribution in [0.2, 0.25) is 0 Å². The first-order valence-electron chi connectivity index (χ1n) is 6.36. The van der Waals surface area contributed by atoms with E-state index in [4.69, 9.17) is 9.47 Å². The van der Waals surface area contributed by atoms with Crippen LogP contribution in [-0.2, 0) is 9.47 Å². The topological polar surface area (TPSA) is 30.5 Å². The predicted octanol–water partition coefficient (Wildman–Crippen LogP) is 2.50. The Bertz CT molecular complexity index is 240. The minimum absolute atomic E-state index is 0.0468. The Hall–Kier alpha value is -0.330. The average Bonchev–Trinajstić information content (AvgIpc) is 2.34. The van der Waals surface area contributed by atoms with Crippen LogP contribution in [0.25, 0.3) is 0 Å². The van der Waals surface area contributed by atoms with Gasteiger partial charge in [0.1, 0.15) is 0 Å². The average molecular weight is 269 g/mol. The van der Waals surface area contributed by atoms with Gasteiger partial charge in [0.15, 0.2) is 0 Å².